The zero-order chi connectivity index (χ0) is 8.41. The van der Waals surface area contributed by atoms with E-state index in [2.05, 4.69) is 25.7 Å². The van der Waals surface area contributed by atoms with Crippen LogP contribution in [0.25, 0.3) is 0 Å². The molecule has 10 heavy (non-hydrogen) atoms. The standard InChI is InChI=1S/C7H14.C2H7N/c1-4-5-6-7(2)3;1-3-2/h2,4-6H2,1,3H3;3H,1-2H3. The van der Waals surface area contributed by atoms with E-state index in [1.54, 1.807) is 0 Å². The van der Waals surface area contributed by atoms with E-state index >= 15 is 0 Å². The van der Waals surface area contributed by atoms with Crippen molar-refractivity contribution >= 4 is 0 Å². The average Bonchev–Trinajstić information content (AvgIpc) is 1.85. The summed E-state index contributed by atoms with van der Waals surface area (Å²) in [5.41, 5.74) is 1.31. The minimum Gasteiger partial charge on any atom is -0.323 e. The van der Waals surface area contributed by atoms with Crippen LogP contribution in [0.3, 0.4) is 0 Å². The van der Waals surface area contributed by atoms with Gasteiger partial charge in [-0.15, -0.1) is 6.58 Å². The fourth-order valence-electron chi connectivity index (χ4n) is 0.479. The van der Waals surface area contributed by atoms with Gasteiger partial charge in [-0.05, 0) is 33.9 Å². The monoisotopic (exact) mass is 143 g/mol. The highest BCUT2D eigenvalue weighted by Gasteiger charge is 1.81. The van der Waals surface area contributed by atoms with Crippen LogP contribution < -0.4 is 5.32 Å². The molecular formula is C9H21N. The second-order valence-corrected chi connectivity index (χ2v) is 2.56. The van der Waals surface area contributed by atoms with Crippen molar-refractivity contribution < 1.29 is 0 Å². The molecule has 1 heteroatoms. The van der Waals surface area contributed by atoms with Gasteiger partial charge in [-0.1, -0.05) is 18.9 Å². The molecule has 0 unspecified atom stereocenters. The number of unbranched alkanes of at least 4 members (excludes halogenated alkanes) is 1. The van der Waals surface area contributed by atoms with Gasteiger partial charge in [-0.2, -0.15) is 0 Å². The molecule has 0 heterocycles. The molecule has 0 aliphatic rings. The molecule has 0 fully saturated rings. The number of rotatable bonds is 3. The molecule has 0 radical (unpaired) electrons. The van der Waals surface area contributed by atoms with E-state index in [9.17, 15) is 0 Å². The Morgan fingerprint density at radius 1 is 1.40 bits per heavy atom. The largest absolute Gasteiger partial charge is 0.323 e. The minimum absolute atomic E-state index is 1.20. The minimum atomic E-state index is 1.20. The van der Waals surface area contributed by atoms with E-state index in [1.165, 1.54) is 24.8 Å². The zero-order valence-corrected chi connectivity index (χ0v) is 7.83. The van der Waals surface area contributed by atoms with Crippen molar-refractivity contribution in [2.45, 2.75) is 33.1 Å². The van der Waals surface area contributed by atoms with Crippen LogP contribution in [-0.4, -0.2) is 14.1 Å². The molecule has 0 aliphatic heterocycles. The van der Waals surface area contributed by atoms with Gasteiger partial charge in [0, 0.05) is 0 Å². The Labute approximate surface area is 65.5 Å². The van der Waals surface area contributed by atoms with Gasteiger partial charge in [0.2, 0.25) is 0 Å². The summed E-state index contributed by atoms with van der Waals surface area (Å²) in [6.07, 6.45) is 3.79. The first-order valence-electron chi connectivity index (χ1n) is 3.91. The Morgan fingerprint density at radius 2 is 1.80 bits per heavy atom. The molecule has 0 saturated heterocycles. The highest BCUT2D eigenvalue weighted by molar-refractivity contribution is 4.86. The summed E-state index contributed by atoms with van der Waals surface area (Å²) in [6, 6.07) is 0. The molecule has 0 aromatic heterocycles. The molecule has 62 valence electrons. The van der Waals surface area contributed by atoms with Gasteiger partial charge in [-0.25, -0.2) is 0 Å². The van der Waals surface area contributed by atoms with E-state index in [0.29, 0.717) is 0 Å². The molecule has 1 nitrogen and oxygen atoms in total. The maximum absolute atomic E-state index is 3.79. The van der Waals surface area contributed by atoms with Crippen LogP contribution in [0, 0.1) is 0 Å². The average molecular weight is 143 g/mol. The fraction of sp³-hybridized carbons (Fsp3) is 0.778. The lowest BCUT2D eigenvalue weighted by molar-refractivity contribution is 0.789. The molecule has 0 spiro atoms. The third-order valence-corrected chi connectivity index (χ3v) is 0.957. The molecule has 0 rings (SSSR count). The summed E-state index contributed by atoms with van der Waals surface area (Å²) < 4.78 is 0. The second-order valence-electron chi connectivity index (χ2n) is 2.56. The van der Waals surface area contributed by atoms with Crippen LogP contribution in [0.4, 0.5) is 0 Å². The van der Waals surface area contributed by atoms with Crippen molar-refractivity contribution in [1.29, 1.82) is 0 Å². The highest BCUT2D eigenvalue weighted by Crippen LogP contribution is 2.01. The van der Waals surface area contributed by atoms with Crippen LogP contribution in [-0.2, 0) is 0 Å². The Morgan fingerprint density at radius 3 is 1.90 bits per heavy atom. The van der Waals surface area contributed by atoms with E-state index in [4.69, 9.17) is 0 Å². The third kappa shape index (κ3) is 25.2. The fourth-order valence-corrected chi connectivity index (χ4v) is 0.479. The molecule has 0 aromatic rings. The first-order valence-corrected chi connectivity index (χ1v) is 3.91. The molecule has 0 atom stereocenters. The van der Waals surface area contributed by atoms with Crippen LogP contribution in [0.15, 0.2) is 12.2 Å². The smallest absolute Gasteiger partial charge is 0.0167 e. The lowest BCUT2D eigenvalue weighted by Gasteiger charge is -1.91. The van der Waals surface area contributed by atoms with Gasteiger partial charge < -0.3 is 5.32 Å². The normalized spacial score (nSPS) is 8.00. The number of hydrogen-bond donors (Lipinski definition) is 1. The van der Waals surface area contributed by atoms with Gasteiger partial charge in [0.15, 0.2) is 0 Å². The molecule has 0 amide bonds. The maximum Gasteiger partial charge on any atom is -0.0167 e. The SMILES string of the molecule is C=C(C)CCCC.CNC. The van der Waals surface area contributed by atoms with Crippen molar-refractivity contribution in [3.8, 4) is 0 Å². The number of allylic oxidation sites excluding steroid dienone is 1. The second kappa shape index (κ2) is 11.5. The van der Waals surface area contributed by atoms with Gasteiger partial charge >= 0.3 is 0 Å². The van der Waals surface area contributed by atoms with E-state index in [0.717, 1.165) is 0 Å². The Hall–Kier alpha value is -0.300. The molecule has 0 saturated carbocycles. The van der Waals surface area contributed by atoms with Crippen molar-refractivity contribution in [2.24, 2.45) is 0 Å². The third-order valence-electron chi connectivity index (χ3n) is 0.957. The molecular weight excluding hydrogens is 122 g/mol. The van der Waals surface area contributed by atoms with Crippen LogP contribution in [0.1, 0.15) is 33.1 Å². The molecule has 1 N–H and O–H groups in total. The summed E-state index contributed by atoms with van der Waals surface area (Å²) >= 11 is 0. The Kier molecular flexibility index (Phi) is 14.2. The van der Waals surface area contributed by atoms with Crippen LogP contribution in [0.2, 0.25) is 0 Å². The number of nitrogens with one attached hydrogen (secondary N) is 1. The van der Waals surface area contributed by atoms with E-state index in [1.807, 2.05) is 14.1 Å². The number of hydrogen-bond acceptors (Lipinski definition) is 1. The lowest BCUT2D eigenvalue weighted by Crippen LogP contribution is -1.89. The van der Waals surface area contributed by atoms with Crippen molar-refractivity contribution in [2.75, 3.05) is 14.1 Å². The van der Waals surface area contributed by atoms with E-state index < -0.39 is 0 Å². The van der Waals surface area contributed by atoms with Gasteiger partial charge in [0.1, 0.15) is 0 Å². The van der Waals surface area contributed by atoms with Gasteiger partial charge in [-0.3, -0.25) is 0 Å². The molecule has 0 aliphatic carbocycles. The Balaban J connectivity index is 0. The first kappa shape index (κ1) is 12.4. The summed E-state index contributed by atoms with van der Waals surface area (Å²) in [5.74, 6) is 0. The first-order chi connectivity index (χ1) is 4.68. The van der Waals surface area contributed by atoms with Crippen molar-refractivity contribution in [3.05, 3.63) is 12.2 Å². The van der Waals surface area contributed by atoms with Gasteiger partial charge in [0.25, 0.3) is 0 Å². The summed E-state index contributed by atoms with van der Waals surface area (Å²) in [7, 11) is 3.75. The molecule has 0 aromatic carbocycles. The lowest BCUT2D eigenvalue weighted by atomic mass is 10.2. The summed E-state index contributed by atoms with van der Waals surface area (Å²) in [5, 5.41) is 2.75. The predicted molar refractivity (Wildman–Crippen MR) is 49.3 cm³/mol. The Bertz CT molecular complexity index is 67.1. The maximum atomic E-state index is 3.79. The summed E-state index contributed by atoms with van der Waals surface area (Å²) in [4.78, 5) is 0. The topological polar surface area (TPSA) is 12.0 Å². The van der Waals surface area contributed by atoms with Crippen molar-refractivity contribution in [3.63, 3.8) is 0 Å². The summed E-state index contributed by atoms with van der Waals surface area (Å²) in [6.45, 7) is 8.07. The highest BCUT2D eigenvalue weighted by atomic mass is 14.7. The quantitative estimate of drug-likeness (QED) is 0.599. The van der Waals surface area contributed by atoms with Gasteiger partial charge in [0.05, 0.1) is 0 Å². The van der Waals surface area contributed by atoms with Crippen LogP contribution >= 0.6 is 0 Å². The van der Waals surface area contributed by atoms with Crippen LogP contribution in [0.5, 0.6) is 0 Å². The zero-order valence-electron chi connectivity index (χ0n) is 7.83. The van der Waals surface area contributed by atoms with E-state index in [-0.39, 0.29) is 0 Å². The molecule has 0 bridgehead atoms. The van der Waals surface area contributed by atoms with Crippen molar-refractivity contribution in [1.82, 2.24) is 5.32 Å². The predicted octanol–water partition coefficient (Wildman–Crippen LogP) is 2.59.